The highest BCUT2D eigenvalue weighted by Gasteiger charge is 2.17. The van der Waals surface area contributed by atoms with Gasteiger partial charge >= 0.3 is 0 Å². The van der Waals surface area contributed by atoms with Gasteiger partial charge in [-0.15, -0.1) is 11.3 Å². The third-order valence-electron chi connectivity index (χ3n) is 4.26. The van der Waals surface area contributed by atoms with Crippen LogP contribution in [0.1, 0.15) is 0 Å². The number of fused-ring (bicyclic) bond motifs is 1. The second kappa shape index (κ2) is 8.89. The summed E-state index contributed by atoms with van der Waals surface area (Å²) in [5, 5.41) is 14.8. The van der Waals surface area contributed by atoms with Gasteiger partial charge in [-0.2, -0.15) is 0 Å². The second-order valence-corrected chi connectivity index (χ2v) is 8.26. The third kappa shape index (κ3) is 4.77. The summed E-state index contributed by atoms with van der Waals surface area (Å²) in [6.45, 7) is -0.309. The number of nitro groups is 1. The van der Waals surface area contributed by atoms with Crippen molar-refractivity contribution in [3.05, 3.63) is 80.8 Å². The number of aromatic nitrogens is 1. The molecule has 4 rings (SSSR count). The van der Waals surface area contributed by atoms with Gasteiger partial charge in [0.25, 0.3) is 11.6 Å². The van der Waals surface area contributed by atoms with Crippen LogP contribution in [0.4, 0.5) is 11.4 Å². The number of carbonyl (C=O) groups excluding carboxylic acids is 1. The number of rotatable bonds is 6. The zero-order chi connectivity index (χ0) is 22.0. The van der Waals surface area contributed by atoms with Gasteiger partial charge < -0.3 is 10.1 Å². The van der Waals surface area contributed by atoms with Gasteiger partial charge in [0, 0.05) is 22.7 Å². The third-order valence-corrected chi connectivity index (χ3v) is 5.85. The van der Waals surface area contributed by atoms with E-state index >= 15 is 0 Å². The van der Waals surface area contributed by atoms with Crippen LogP contribution < -0.4 is 10.1 Å². The number of para-hydroxylation sites is 1. The lowest BCUT2D eigenvalue weighted by Gasteiger charge is -2.13. The summed E-state index contributed by atoms with van der Waals surface area (Å²) < 4.78 is 6.41. The van der Waals surface area contributed by atoms with Crippen molar-refractivity contribution < 1.29 is 14.5 Å². The minimum atomic E-state index is -0.511. The zero-order valence-corrected chi connectivity index (χ0v) is 18.0. The number of non-ortho nitro benzene ring substituents is 1. The Balaban J connectivity index is 1.55. The van der Waals surface area contributed by atoms with Gasteiger partial charge in [-0.05, 0) is 36.4 Å². The van der Waals surface area contributed by atoms with Crippen LogP contribution >= 0.6 is 34.5 Å². The molecule has 0 spiro atoms. The first-order valence-electron chi connectivity index (χ1n) is 8.93. The number of anilines is 1. The van der Waals surface area contributed by atoms with Crippen LogP contribution in [0.15, 0.2) is 60.7 Å². The first kappa shape index (κ1) is 21.0. The predicted molar refractivity (Wildman–Crippen MR) is 122 cm³/mol. The molecule has 1 aromatic heterocycles. The Morgan fingerprint density at radius 3 is 2.58 bits per heavy atom. The van der Waals surface area contributed by atoms with E-state index in [1.165, 1.54) is 41.7 Å². The smallest absolute Gasteiger partial charge is 0.269 e. The maximum atomic E-state index is 12.5. The van der Waals surface area contributed by atoms with Crippen molar-refractivity contribution in [1.29, 1.82) is 0 Å². The number of benzene rings is 3. The fourth-order valence-electron chi connectivity index (χ4n) is 2.85. The molecular weight excluding hydrogens is 461 g/mol. The summed E-state index contributed by atoms with van der Waals surface area (Å²) in [4.78, 5) is 27.3. The average molecular weight is 474 g/mol. The number of carbonyl (C=O) groups is 1. The van der Waals surface area contributed by atoms with E-state index < -0.39 is 10.8 Å². The summed E-state index contributed by atoms with van der Waals surface area (Å²) in [6.07, 6.45) is 0. The molecule has 0 aliphatic carbocycles. The number of amides is 1. The molecule has 0 aliphatic heterocycles. The van der Waals surface area contributed by atoms with Gasteiger partial charge in [0.05, 0.1) is 25.8 Å². The maximum Gasteiger partial charge on any atom is 0.269 e. The normalized spacial score (nSPS) is 10.8. The zero-order valence-electron chi connectivity index (χ0n) is 15.7. The van der Waals surface area contributed by atoms with Crippen molar-refractivity contribution in [3.63, 3.8) is 0 Å². The number of nitrogens with zero attached hydrogens (tertiary/aromatic N) is 2. The van der Waals surface area contributed by atoms with Crippen LogP contribution in [0.3, 0.4) is 0 Å². The number of hydrogen-bond acceptors (Lipinski definition) is 6. The van der Waals surface area contributed by atoms with Crippen LogP contribution in [0.2, 0.25) is 10.0 Å². The standard InChI is InChI=1S/C21H13Cl2N3O4S/c22-12-9-15(21-24-17-3-1-2-4-18(17)31-21)20(16(23)10-12)25-19(27)11-30-14-7-5-13(6-8-14)26(28)29/h1-10H,11H2,(H,25,27). The van der Waals surface area contributed by atoms with Crippen LogP contribution in [0, 0.1) is 10.1 Å². The van der Waals surface area contributed by atoms with E-state index in [0.29, 0.717) is 27.0 Å². The second-order valence-electron chi connectivity index (χ2n) is 6.38. The van der Waals surface area contributed by atoms with Gasteiger partial charge in [0.15, 0.2) is 6.61 Å². The fourth-order valence-corrected chi connectivity index (χ4v) is 4.37. The Morgan fingerprint density at radius 2 is 1.87 bits per heavy atom. The summed E-state index contributed by atoms with van der Waals surface area (Å²) in [6, 6.07) is 16.4. The molecule has 0 atom stereocenters. The summed E-state index contributed by atoms with van der Waals surface area (Å²) in [5.74, 6) is -0.126. The molecule has 156 valence electrons. The molecule has 0 saturated carbocycles. The largest absolute Gasteiger partial charge is 0.484 e. The number of halogens is 2. The van der Waals surface area contributed by atoms with Crippen LogP contribution in [-0.4, -0.2) is 22.4 Å². The minimum absolute atomic E-state index is 0.0646. The minimum Gasteiger partial charge on any atom is -0.484 e. The van der Waals surface area contributed by atoms with Gasteiger partial charge in [0.1, 0.15) is 10.8 Å². The molecule has 0 saturated heterocycles. The molecular formula is C21H13Cl2N3O4S. The number of ether oxygens (including phenoxy) is 1. The van der Waals surface area contributed by atoms with Crippen LogP contribution in [0.25, 0.3) is 20.8 Å². The van der Waals surface area contributed by atoms with Gasteiger partial charge in [0.2, 0.25) is 0 Å². The van der Waals surface area contributed by atoms with E-state index in [1.54, 1.807) is 6.07 Å². The molecule has 1 heterocycles. The Kier molecular flexibility index (Phi) is 6.03. The number of thiazole rings is 1. The molecule has 31 heavy (non-hydrogen) atoms. The van der Waals surface area contributed by atoms with E-state index in [1.807, 2.05) is 24.3 Å². The van der Waals surface area contributed by atoms with Crippen molar-refractivity contribution in [2.75, 3.05) is 11.9 Å². The van der Waals surface area contributed by atoms with Crippen molar-refractivity contribution in [3.8, 4) is 16.3 Å². The Labute approximate surface area is 190 Å². The number of nitrogens with one attached hydrogen (secondary N) is 1. The Hall–Kier alpha value is -3.20. The summed E-state index contributed by atoms with van der Waals surface area (Å²) in [7, 11) is 0. The maximum absolute atomic E-state index is 12.5. The molecule has 10 heteroatoms. The van der Waals surface area contributed by atoms with Crippen molar-refractivity contribution >= 4 is 62.0 Å². The first-order chi connectivity index (χ1) is 14.9. The highest BCUT2D eigenvalue weighted by atomic mass is 35.5. The molecule has 0 bridgehead atoms. The molecule has 0 aliphatic rings. The van der Waals surface area contributed by atoms with Crippen molar-refractivity contribution in [2.24, 2.45) is 0 Å². The quantitative estimate of drug-likeness (QED) is 0.265. The fraction of sp³-hybridized carbons (Fsp3) is 0.0476. The van der Waals surface area contributed by atoms with Crippen LogP contribution in [-0.2, 0) is 4.79 Å². The van der Waals surface area contributed by atoms with Gasteiger partial charge in [-0.25, -0.2) is 4.98 Å². The molecule has 0 unspecified atom stereocenters. The SMILES string of the molecule is O=C(COc1ccc([N+](=O)[O-])cc1)Nc1c(Cl)cc(Cl)cc1-c1nc2ccccc2s1. The number of nitro benzene ring substituents is 1. The van der Waals surface area contributed by atoms with Crippen LogP contribution in [0.5, 0.6) is 5.75 Å². The van der Waals surface area contributed by atoms with E-state index in [0.717, 1.165) is 10.2 Å². The van der Waals surface area contributed by atoms with E-state index in [4.69, 9.17) is 27.9 Å². The molecule has 0 fully saturated rings. The summed E-state index contributed by atoms with van der Waals surface area (Å²) >= 11 is 14.0. The molecule has 1 N–H and O–H groups in total. The molecule has 4 aromatic rings. The highest BCUT2D eigenvalue weighted by molar-refractivity contribution is 7.21. The predicted octanol–water partition coefficient (Wildman–Crippen LogP) is 6.20. The van der Waals surface area contributed by atoms with Gasteiger partial charge in [-0.3, -0.25) is 14.9 Å². The molecule has 3 aromatic carbocycles. The lowest BCUT2D eigenvalue weighted by molar-refractivity contribution is -0.384. The van der Waals surface area contributed by atoms with Gasteiger partial charge in [-0.1, -0.05) is 35.3 Å². The Bertz CT molecular complexity index is 1260. The lowest BCUT2D eigenvalue weighted by atomic mass is 10.2. The van der Waals surface area contributed by atoms with Crippen molar-refractivity contribution in [1.82, 2.24) is 4.98 Å². The Morgan fingerprint density at radius 1 is 1.13 bits per heavy atom. The van der Waals surface area contributed by atoms with Crippen molar-refractivity contribution in [2.45, 2.75) is 0 Å². The average Bonchev–Trinajstić information content (AvgIpc) is 3.18. The highest BCUT2D eigenvalue weighted by Crippen LogP contribution is 2.40. The first-order valence-corrected chi connectivity index (χ1v) is 10.5. The molecule has 0 radical (unpaired) electrons. The van der Waals surface area contributed by atoms with E-state index in [-0.39, 0.29) is 17.3 Å². The van der Waals surface area contributed by atoms with E-state index in [9.17, 15) is 14.9 Å². The summed E-state index contributed by atoms with van der Waals surface area (Å²) in [5.41, 5.74) is 1.74. The topological polar surface area (TPSA) is 94.4 Å². The lowest BCUT2D eigenvalue weighted by Crippen LogP contribution is -2.20. The number of hydrogen-bond donors (Lipinski definition) is 1. The van der Waals surface area contributed by atoms with E-state index in [2.05, 4.69) is 10.3 Å². The molecule has 7 nitrogen and oxygen atoms in total. The molecule has 1 amide bonds. The monoisotopic (exact) mass is 473 g/mol.